The van der Waals surface area contributed by atoms with Gasteiger partial charge in [0.05, 0.1) is 34.1 Å². The van der Waals surface area contributed by atoms with Crippen molar-refractivity contribution in [1.82, 2.24) is 0 Å². The minimum atomic E-state index is -0.739. The van der Waals surface area contributed by atoms with Crippen LogP contribution in [-0.4, -0.2) is 35.2 Å². The van der Waals surface area contributed by atoms with E-state index >= 15 is 0 Å². The number of nitro benzene ring substituents is 1. The van der Waals surface area contributed by atoms with Crippen LogP contribution in [0.25, 0.3) is 0 Å². The fourth-order valence-corrected chi connectivity index (χ4v) is 7.15. The smallest absolute Gasteiger partial charge is 0.316 e. The number of hydrogen-bond donors (Lipinski definition) is 0. The SMILES string of the molecule is Cc1ccc(N2C[C@H](C(=O)Oc3ccc(N4C(=O)[C@@H]5[C@H]6C=C[C@@H]([C@@H]7C[C@@H]67)[C@@H]5C4=O)cc3)CC2=O)cc1[N+](=O)[O-]. The lowest BCUT2D eigenvalue weighted by Crippen LogP contribution is -2.40. The van der Waals surface area contributed by atoms with Gasteiger partial charge < -0.3 is 9.64 Å². The van der Waals surface area contributed by atoms with Crippen LogP contribution in [0.2, 0.25) is 0 Å². The second-order valence-electron chi connectivity index (χ2n) is 11.2. The second-order valence-corrected chi connectivity index (χ2v) is 11.2. The van der Waals surface area contributed by atoms with Gasteiger partial charge >= 0.3 is 5.97 Å². The number of hydrogen-bond acceptors (Lipinski definition) is 7. The molecule has 0 unspecified atom stereocenters. The minimum absolute atomic E-state index is 0.0495. The summed E-state index contributed by atoms with van der Waals surface area (Å²) >= 11 is 0. The van der Waals surface area contributed by atoms with Crippen LogP contribution in [0.15, 0.2) is 54.6 Å². The highest BCUT2D eigenvalue weighted by atomic mass is 16.6. The molecule has 3 amide bonds. The zero-order valence-corrected chi connectivity index (χ0v) is 21.1. The monoisotopic (exact) mass is 527 g/mol. The molecule has 2 saturated carbocycles. The Morgan fingerprint density at radius 1 is 0.949 bits per heavy atom. The number of allylic oxidation sites excluding steroid dienone is 2. The summed E-state index contributed by atoms with van der Waals surface area (Å²) in [6, 6.07) is 10.8. The van der Waals surface area contributed by atoms with E-state index in [2.05, 4.69) is 12.2 Å². The largest absolute Gasteiger partial charge is 0.426 e. The summed E-state index contributed by atoms with van der Waals surface area (Å²) in [6.07, 6.45) is 5.29. The Labute approximate surface area is 223 Å². The Kier molecular flexibility index (Phi) is 5.07. The molecule has 2 aromatic rings. The number of anilines is 2. The number of ether oxygens (including phenoxy) is 1. The zero-order valence-electron chi connectivity index (χ0n) is 21.1. The van der Waals surface area contributed by atoms with Crippen molar-refractivity contribution in [3.8, 4) is 5.75 Å². The molecule has 7 atom stereocenters. The molecule has 2 bridgehead atoms. The average Bonchev–Trinajstić information content (AvgIpc) is 3.60. The van der Waals surface area contributed by atoms with Crippen LogP contribution in [0.4, 0.5) is 17.1 Å². The van der Waals surface area contributed by atoms with Gasteiger partial charge in [0, 0.05) is 24.6 Å². The third-order valence-electron chi connectivity index (χ3n) is 9.14. The van der Waals surface area contributed by atoms with Gasteiger partial charge in [-0.15, -0.1) is 0 Å². The predicted molar refractivity (Wildman–Crippen MR) is 138 cm³/mol. The van der Waals surface area contributed by atoms with Crippen molar-refractivity contribution < 1.29 is 28.8 Å². The average molecular weight is 528 g/mol. The van der Waals surface area contributed by atoms with Crippen molar-refractivity contribution in [1.29, 1.82) is 0 Å². The first-order chi connectivity index (χ1) is 18.7. The molecular formula is C29H25N3O7. The van der Waals surface area contributed by atoms with E-state index in [-0.39, 0.29) is 65.8 Å². The van der Waals surface area contributed by atoms with Crippen molar-refractivity contribution in [3.05, 3.63) is 70.3 Å². The molecule has 2 aromatic carbocycles. The van der Waals surface area contributed by atoms with Gasteiger partial charge in [0.15, 0.2) is 0 Å². The van der Waals surface area contributed by atoms with Crippen molar-refractivity contribution in [3.63, 3.8) is 0 Å². The first-order valence-electron chi connectivity index (χ1n) is 13.2. The Balaban J connectivity index is 1.03. The predicted octanol–water partition coefficient (Wildman–Crippen LogP) is 3.42. The van der Waals surface area contributed by atoms with Gasteiger partial charge in [-0.25, -0.2) is 0 Å². The lowest BCUT2D eigenvalue weighted by atomic mass is 9.63. The van der Waals surface area contributed by atoms with E-state index in [4.69, 9.17) is 4.74 Å². The minimum Gasteiger partial charge on any atom is -0.426 e. The second kappa shape index (κ2) is 8.33. The summed E-state index contributed by atoms with van der Waals surface area (Å²) in [7, 11) is 0. The maximum absolute atomic E-state index is 13.3. The lowest BCUT2D eigenvalue weighted by Gasteiger charge is -2.37. The lowest BCUT2D eigenvalue weighted by molar-refractivity contribution is -0.385. The van der Waals surface area contributed by atoms with Gasteiger partial charge in [0.1, 0.15) is 5.75 Å². The van der Waals surface area contributed by atoms with Crippen LogP contribution in [0, 0.1) is 58.5 Å². The Morgan fingerprint density at radius 3 is 2.18 bits per heavy atom. The van der Waals surface area contributed by atoms with E-state index in [1.165, 1.54) is 28.0 Å². The first-order valence-corrected chi connectivity index (χ1v) is 13.2. The molecule has 2 heterocycles. The fraction of sp³-hybridized carbons (Fsp3) is 0.379. The zero-order chi connectivity index (χ0) is 27.2. The van der Waals surface area contributed by atoms with E-state index in [0.717, 1.165) is 6.42 Å². The van der Waals surface area contributed by atoms with E-state index in [1.807, 2.05) is 0 Å². The van der Waals surface area contributed by atoms with Crippen molar-refractivity contribution >= 4 is 40.8 Å². The van der Waals surface area contributed by atoms with E-state index in [9.17, 15) is 29.3 Å². The Bertz CT molecular complexity index is 1460. The molecule has 39 heavy (non-hydrogen) atoms. The van der Waals surface area contributed by atoms with E-state index < -0.39 is 16.8 Å². The van der Waals surface area contributed by atoms with Crippen LogP contribution < -0.4 is 14.5 Å². The number of benzene rings is 2. The molecule has 4 aliphatic carbocycles. The molecule has 0 N–H and O–H groups in total. The molecular weight excluding hydrogens is 502 g/mol. The number of aryl methyl sites for hydroxylation is 1. The number of rotatable bonds is 5. The fourth-order valence-electron chi connectivity index (χ4n) is 7.15. The van der Waals surface area contributed by atoms with Crippen LogP contribution >= 0.6 is 0 Å². The molecule has 198 valence electrons. The topological polar surface area (TPSA) is 127 Å². The van der Waals surface area contributed by atoms with Crippen LogP contribution in [0.1, 0.15) is 18.4 Å². The standard InChI is InChI=1S/C29H25N3O7/c1-14-2-3-17(11-23(14)32(37)38)30-13-15(10-24(30)33)29(36)39-18-6-4-16(5-7-18)31-27(34)25-19-8-9-20(22-12-21(19)22)26(25)28(31)35/h2-9,11,15,19-22,25-26H,10,12-13H2,1H3/t15-,19+,20+,21+,22+,25-,26+/m1/s1. The maximum Gasteiger partial charge on any atom is 0.316 e. The highest BCUT2D eigenvalue weighted by molar-refractivity contribution is 6.22. The van der Waals surface area contributed by atoms with Gasteiger partial charge in [-0.05, 0) is 67.3 Å². The first kappa shape index (κ1) is 23.8. The van der Waals surface area contributed by atoms with Crippen molar-refractivity contribution in [2.24, 2.45) is 41.4 Å². The molecule has 8 rings (SSSR count). The number of nitro groups is 1. The number of carbonyl (C=O) groups excluding carboxylic acids is 4. The van der Waals surface area contributed by atoms with Crippen molar-refractivity contribution in [2.45, 2.75) is 19.8 Å². The van der Waals surface area contributed by atoms with Gasteiger partial charge in [0.2, 0.25) is 17.7 Å². The Morgan fingerprint density at radius 2 is 1.56 bits per heavy atom. The van der Waals surface area contributed by atoms with E-state index in [1.54, 1.807) is 31.2 Å². The summed E-state index contributed by atoms with van der Waals surface area (Å²) in [5, 5.41) is 11.3. The van der Waals surface area contributed by atoms with Gasteiger partial charge in [-0.1, -0.05) is 18.2 Å². The third kappa shape index (κ3) is 3.54. The summed E-state index contributed by atoms with van der Waals surface area (Å²) in [5.41, 5.74) is 1.20. The van der Waals surface area contributed by atoms with Crippen LogP contribution in [-0.2, 0) is 19.2 Å². The molecule has 6 aliphatic rings. The number of carbonyl (C=O) groups is 4. The van der Waals surface area contributed by atoms with Crippen molar-refractivity contribution in [2.75, 3.05) is 16.3 Å². The number of esters is 1. The molecule has 0 radical (unpaired) electrons. The van der Waals surface area contributed by atoms with Gasteiger partial charge in [-0.3, -0.25) is 34.2 Å². The highest BCUT2D eigenvalue weighted by Gasteiger charge is 2.67. The maximum atomic E-state index is 13.3. The van der Waals surface area contributed by atoms with E-state index in [0.29, 0.717) is 28.8 Å². The third-order valence-corrected chi connectivity index (χ3v) is 9.14. The molecule has 2 saturated heterocycles. The number of amides is 3. The molecule has 0 aromatic heterocycles. The molecule has 2 aliphatic heterocycles. The number of nitrogens with zero attached hydrogens (tertiary/aromatic N) is 3. The highest BCUT2D eigenvalue weighted by Crippen LogP contribution is 2.65. The molecule has 10 nitrogen and oxygen atoms in total. The Hall–Kier alpha value is -4.34. The summed E-state index contributed by atoms with van der Waals surface area (Å²) < 4.78 is 5.52. The van der Waals surface area contributed by atoms with Crippen LogP contribution in [0.3, 0.4) is 0 Å². The summed E-state index contributed by atoms with van der Waals surface area (Å²) in [4.78, 5) is 65.5. The summed E-state index contributed by atoms with van der Waals surface area (Å²) in [5.74, 6) is -0.951. The summed E-state index contributed by atoms with van der Waals surface area (Å²) in [6.45, 7) is 1.67. The van der Waals surface area contributed by atoms with Gasteiger partial charge in [-0.2, -0.15) is 0 Å². The van der Waals surface area contributed by atoms with Gasteiger partial charge in [0.25, 0.3) is 5.69 Å². The molecule has 4 fully saturated rings. The molecule has 0 spiro atoms. The normalized spacial score (nSPS) is 31.9. The quantitative estimate of drug-likeness (QED) is 0.146. The van der Waals surface area contributed by atoms with Crippen LogP contribution in [0.5, 0.6) is 5.75 Å². The number of imide groups is 1. The molecule has 10 heteroatoms.